The summed E-state index contributed by atoms with van der Waals surface area (Å²) in [4.78, 5) is 37.3. The van der Waals surface area contributed by atoms with Crippen LogP contribution in [0.3, 0.4) is 0 Å². The summed E-state index contributed by atoms with van der Waals surface area (Å²) >= 11 is 0. The number of hydrogen-bond acceptors (Lipinski definition) is 6. The van der Waals surface area contributed by atoms with E-state index in [1.807, 2.05) is 41.3 Å². The van der Waals surface area contributed by atoms with Crippen LogP contribution in [-0.2, 0) is 7.05 Å². The molecule has 1 aromatic carbocycles. The lowest BCUT2D eigenvalue weighted by Crippen LogP contribution is -2.38. The van der Waals surface area contributed by atoms with E-state index < -0.39 is 0 Å². The van der Waals surface area contributed by atoms with Gasteiger partial charge in [0.15, 0.2) is 0 Å². The number of rotatable bonds is 3. The number of amides is 1. The van der Waals surface area contributed by atoms with Crippen molar-refractivity contribution in [1.29, 1.82) is 0 Å². The van der Waals surface area contributed by atoms with Crippen molar-refractivity contribution in [1.82, 2.24) is 29.0 Å². The van der Waals surface area contributed by atoms with E-state index in [1.165, 1.54) is 4.40 Å². The van der Waals surface area contributed by atoms with Gasteiger partial charge in [0.25, 0.3) is 11.5 Å². The summed E-state index contributed by atoms with van der Waals surface area (Å²) < 4.78 is 8.74. The molecule has 1 fully saturated rings. The van der Waals surface area contributed by atoms with Crippen LogP contribution in [0.15, 0.2) is 70.1 Å². The van der Waals surface area contributed by atoms with Gasteiger partial charge in [0.1, 0.15) is 17.0 Å². The maximum Gasteiger partial charge on any atom is 0.270 e. The first-order valence-electron chi connectivity index (χ1n) is 11.3. The van der Waals surface area contributed by atoms with Gasteiger partial charge in [-0.3, -0.25) is 14.0 Å². The molecule has 0 aliphatic carbocycles. The van der Waals surface area contributed by atoms with Gasteiger partial charge < -0.3 is 14.0 Å². The van der Waals surface area contributed by atoms with Crippen LogP contribution in [0, 0.1) is 0 Å². The standard InChI is InChI=1S/C25H22N6O3/c1-29-19(15-18-22(29)26-20-9-5-6-12-31(20)24(18)32)25(33)30-13-10-17(11-14-30)23-27-21(28-34-23)16-7-3-2-4-8-16/h2-9,12,15,17H,10-11,13-14H2,1H3. The number of piperidine rings is 1. The highest BCUT2D eigenvalue weighted by atomic mass is 16.5. The summed E-state index contributed by atoms with van der Waals surface area (Å²) in [5.41, 5.74) is 2.25. The number of fused-ring (bicyclic) bond motifs is 2. The maximum atomic E-state index is 13.3. The highest BCUT2D eigenvalue weighted by Crippen LogP contribution is 2.29. The molecule has 34 heavy (non-hydrogen) atoms. The average Bonchev–Trinajstić information content (AvgIpc) is 3.50. The van der Waals surface area contributed by atoms with Gasteiger partial charge in [0.2, 0.25) is 11.7 Å². The van der Waals surface area contributed by atoms with E-state index in [2.05, 4.69) is 15.1 Å². The topological polar surface area (TPSA) is 98.5 Å². The molecule has 1 aliphatic heterocycles. The van der Waals surface area contributed by atoms with Gasteiger partial charge in [-0.15, -0.1) is 0 Å². The van der Waals surface area contributed by atoms with Crippen molar-refractivity contribution in [3.8, 4) is 11.4 Å². The fourth-order valence-corrected chi connectivity index (χ4v) is 4.62. The Balaban J connectivity index is 1.22. The first kappa shape index (κ1) is 20.3. The van der Waals surface area contributed by atoms with E-state index in [9.17, 15) is 9.59 Å². The van der Waals surface area contributed by atoms with Gasteiger partial charge in [-0.1, -0.05) is 41.6 Å². The number of aromatic nitrogens is 5. The van der Waals surface area contributed by atoms with E-state index in [4.69, 9.17) is 4.52 Å². The third-order valence-corrected chi connectivity index (χ3v) is 6.53. The van der Waals surface area contributed by atoms with Gasteiger partial charge in [-0.2, -0.15) is 4.98 Å². The van der Waals surface area contributed by atoms with Crippen molar-refractivity contribution in [3.05, 3.63) is 82.7 Å². The molecule has 1 saturated heterocycles. The normalized spacial score (nSPS) is 14.8. The molecule has 5 heterocycles. The minimum atomic E-state index is -0.181. The third-order valence-electron chi connectivity index (χ3n) is 6.53. The Kier molecular flexibility index (Phi) is 4.75. The molecule has 170 valence electrons. The van der Waals surface area contributed by atoms with Gasteiger partial charge in [-0.05, 0) is 31.0 Å². The molecule has 6 rings (SSSR count). The van der Waals surface area contributed by atoms with E-state index in [-0.39, 0.29) is 17.4 Å². The van der Waals surface area contributed by atoms with Crippen LogP contribution >= 0.6 is 0 Å². The molecule has 0 unspecified atom stereocenters. The third kappa shape index (κ3) is 3.28. The van der Waals surface area contributed by atoms with E-state index in [0.717, 1.165) is 18.4 Å². The average molecular weight is 454 g/mol. The molecule has 1 amide bonds. The molecule has 4 aromatic heterocycles. The number of carbonyl (C=O) groups is 1. The van der Waals surface area contributed by atoms with Crippen molar-refractivity contribution >= 4 is 22.6 Å². The fraction of sp³-hybridized carbons (Fsp3) is 0.240. The second kappa shape index (κ2) is 7.95. The lowest BCUT2D eigenvalue weighted by molar-refractivity contribution is 0.0695. The van der Waals surface area contributed by atoms with Crippen molar-refractivity contribution in [2.45, 2.75) is 18.8 Å². The number of likely N-dealkylation sites (tertiary alicyclic amines) is 1. The summed E-state index contributed by atoms with van der Waals surface area (Å²) in [6.07, 6.45) is 3.15. The molecule has 0 atom stereocenters. The van der Waals surface area contributed by atoms with Crippen LogP contribution < -0.4 is 5.56 Å². The van der Waals surface area contributed by atoms with Gasteiger partial charge in [0, 0.05) is 37.8 Å². The van der Waals surface area contributed by atoms with E-state index >= 15 is 0 Å². The lowest BCUT2D eigenvalue weighted by Gasteiger charge is -2.30. The van der Waals surface area contributed by atoms with Crippen molar-refractivity contribution in [2.75, 3.05) is 13.1 Å². The zero-order valence-corrected chi connectivity index (χ0v) is 18.6. The molecule has 5 aromatic rings. The minimum Gasteiger partial charge on any atom is -0.339 e. The molecule has 0 saturated carbocycles. The van der Waals surface area contributed by atoms with Crippen LogP contribution in [0.4, 0.5) is 0 Å². The molecule has 1 aliphatic rings. The number of nitrogens with zero attached hydrogens (tertiary/aromatic N) is 6. The van der Waals surface area contributed by atoms with E-state index in [0.29, 0.717) is 47.2 Å². The molecular formula is C25H22N6O3. The molecule has 0 bridgehead atoms. The Bertz CT molecular complexity index is 1580. The number of benzene rings is 1. The van der Waals surface area contributed by atoms with Crippen molar-refractivity contribution in [2.24, 2.45) is 7.05 Å². The van der Waals surface area contributed by atoms with Crippen LogP contribution in [0.1, 0.15) is 35.1 Å². The lowest BCUT2D eigenvalue weighted by atomic mass is 9.96. The highest BCUT2D eigenvalue weighted by Gasteiger charge is 2.30. The Morgan fingerprint density at radius 3 is 2.59 bits per heavy atom. The van der Waals surface area contributed by atoms with E-state index in [1.54, 1.807) is 36.0 Å². The summed E-state index contributed by atoms with van der Waals surface area (Å²) in [6, 6.07) is 16.8. The van der Waals surface area contributed by atoms with Crippen molar-refractivity contribution in [3.63, 3.8) is 0 Å². The monoisotopic (exact) mass is 454 g/mol. The summed E-state index contributed by atoms with van der Waals surface area (Å²) in [5.74, 6) is 1.19. The molecule has 0 radical (unpaired) electrons. The number of pyridine rings is 1. The summed E-state index contributed by atoms with van der Waals surface area (Å²) in [5, 5.41) is 4.56. The van der Waals surface area contributed by atoms with Crippen LogP contribution in [0.5, 0.6) is 0 Å². The predicted octanol–water partition coefficient (Wildman–Crippen LogP) is 3.26. The Labute approximate surface area is 194 Å². The number of carbonyl (C=O) groups excluding carboxylic acids is 1. The Morgan fingerprint density at radius 2 is 1.79 bits per heavy atom. The Morgan fingerprint density at radius 1 is 1.03 bits per heavy atom. The Hall–Kier alpha value is -4.27. The minimum absolute atomic E-state index is 0.108. The second-order valence-electron chi connectivity index (χ2n) is 8.56. The van der Waals surface area contributed by atoms with Gasteiger partial charge in [0.05, 0.1) is 5.39 Å². The number of hydrogen-bond donors (Lipinski definition) is 0. The van der Waals surface area contributed by atoms with Crippen LogP contribution in [-0.4, -0.2) is 48.0 Å². The first-order chi connectivity index (χ1) is 16.6. The number of aryl methyl sites for hydroxylation is 1. The zero-order chi connectivity index (χ0) is 23.2. The van der Waals surface area contributed by atoms with Crippen LogP contribution in [0.2, 0.25) is 0 Å². The molecule has 9 heteroatoms. The second-order valence-corrected chi connectivity index (χ2v) is 8.56. The maximum absolute atomic E-state index is 13.3. The first-order valence-corrected chi connectivity index (χ1v) is 11.3. The molecule has 0 N–H and O–H groups in total. The molecule has 0 spiro atoms. The van der Waals surface area contributed by atoms with Gasteiger partial charge in [-0.25, -0.2) is 4.98 Å². The van der Waals surface area contributed by atoms with Crippen LogP contribution in [0.25, 0.3) is 28.1 Å². The smallest absolute Gasteiger partial charge is 0.270 e. The predicted molar refractivity (Wildman–Crippen MR) is 126 cm³/mol. The fourth-order valence-electron chi connectivity index (χ4n) is 4.62. The molecule has 9 nitrogen and oxygen atoms in total. The SMILES string of the molecule is Cn1c(C(=O)N2CCC(c3nc(-c4ccccc4)no3)CC2)cc2c(=O)n3ccccc3nc21. The van der Waals surface area contributed by atoms with Crippen molar-refractivity contribution < 1.29 is 9.32 Å². The zero-order valence-electron chi connectivity index (χ0n) is 18.6. The summed E-state index contributed by atoms with van der Waals surface area (Å²) in [7, 11) is 1.78. The molecular weight excluding hydrogens is 432 g/mol. The largest absolute Gasteiger partial charge is 0.339 e. The van der Waals surface area contributed by atoms with Gasteiger partial charge >= 0.3 is 0 Å². The highest BCUT2D eigenvalue weighted by molar-refractivity contribution is 5.98. The quantitative estimate of drug-likeness (QED) is 0.415. The summed E-state index contributed by atoms with van der Waals surface area (Å²) in [6.45, 7) is 1.14.